The smallest absolute Gasteiger partial charge is 0.303 e. The number of ketones is 2. The summed E-state index contributed by atoms with van der Waals surface area (Å²) in [7, 11) is 0. The zero-order valence-corrected chi connectivity index (χ0v) is 32.9. The molecule has 3 amide bonds. The highest BCUT2D eigenvalue weighted by Gasteiger charge is 2.37. The first kappa shape index (κ1) is 46.1. The summed E-state index contributed by atoms with van der Waals surface area (Å²) in [5.74, 6) is -4.07. The number of carboxylic acids is 1. The summed E-state index contributed by atoms with van der Waals surface area (Å²) in [4.78, 5) is 74.0. The van der Waals surface area contributed by atoms with Gasteiger partial charge < -0.3 is 36.0 Å². The lowest BCUT2D eigenvalue weighted by Crippen LogP contribution is -2.46. The number of hydrogen-bond donors (Lipinski definition) is 5. The van der Waals surface area contributed by atoms with Crippen LogP contribution in [0.25, 0.3) is 11.1 Å². The molecule has 0 saturated heterocycles. The number of halogens is 2. The first-order chi connectivity index (χ1) is 27.0. The van der Waals surface area contributed by atoms with Crippen molar-refractivity contribution in [2.24, 2.45) is 11.1 Å². The number of aliphatic carboxylic acids is 1. The van der Waals surface area contributed by atoms with Gasteiger partial charge in [-0.3, -0.25) is 28.8 Å². The van der Waals surface area contributed by atoms with Crippen molar-refractivity contribution in [3.8, 4) is 11.1 Å². The Morgan fingerprint density at radius 2 is 1.47 bits per heavy atom. The van der Waals surface area contributed by atoms with E-state index >= 15 is 4.39 Å². The van der Waals surface area contributed by atoms with Gasteiger partial charge in [-0.2, -0.15) is 0 Å². The summed E-state index contributed by atoms with van der Waals surface area (Å²) < 4.78 is 31.2. The molecule has 0 aliphatic carbocycles. The van der Waals surface area contributed by atoms with Gasteiger partial charge in [0.25, 0.3) is 0 Å². The molecule has 1 aromatic heterocycles. The van der Waals surface area contributed by atoms with Crippen molar-refractivity contribution < 1.29 is 47.8 Å². The maximum Gasteiger partial charge on any atom is 0.303 e. The van der Waals surface area contributed by atoms with E-state index in [0.717, 1.165) is 23.8 Å². The number of aromatic nitrogens is 1. The molecule has 0 bridgehead atoms. The highest BCUT2D eigenvalue weighted by Crippen LogP contribution is 2.41. The van der Waals surface area contributed by atoms with E-state index in [9.17, 15) is 38.3 Å². The van der Waals surface area contributed by atoms with E-state index in [1.807, 2.05) is 55.7 Å². The summed E-state index contributed by atoms with van der Waals surface area (Å²) in [6, 6.07) is 13.3. The number of amides is 3. The monoisotopic (exact) mass is 795 g/mol. The molecule has 6 N–H and O–H groups in total. The molecule has 3 rings (SSSR count). The van der Waals surface area contributed by atoms with Gasteiger partial charge in [-0.15, -0.1) is 0 Å². The second-order valence-corrected chi connectivity index (χ2v) is 15.2. The lowest BCUT2D eigenvalue weighted by Gasteiger charge is -2.41. The largest absolute Gasteiger partial charge is 0.481 e. The molecule has 13 nitrogen and oxygen atoms in total. The van der Waals surface area contributed by atoms with Crippen molar-refractivity contribution in [1.82, 2.24) is 20.1 Å². The third-order valence-corrected chi connectivity index (χ3v) is 9.37. The molecule has 0 saturated carbocycles. The number of Topliss-reactive ketones (excluding diaryl/α,β-unsaturated/α-hetero) is 2. The van der Waals surface area contributed by atoms with Gasteiger partial charge in [0.15, 0.2) is 0 Å². The Balaban J connectivity index is 1.58. The average molecular weight is 796 g/mol. The van der Waals surface area contributed by atoms with E-state index in [1.54, 1.807) is 12.3 Å². The summed E-state index contributed by atoms with van der Waals surface area (Å²) >= 11 is 0. The second-order valence-electron chi connectivity index (χ2n) is 15.2. The number of nitrogens with zero attached hydrogens (tertiary/aromatic N) is 2. The SMILES string of the molecule is CC(C)(C)[C@H](c1cc(-c2cc(F)ccc2F)cn1Cc1ccccc1)N(CC[C@H](N)CNC(=O)CCC(=O)CCCNC(=O)CCC(=O)CCC(=O)O)C(=O)CO. The van der Waals surface area contributed by atoms with Crippen LogP contribution in [0.3, 0.4) is 0 Å². The number of carboxylic acid groups (broad SMARTS) is 1. The number of carbonyl (C=O) groups excluding carboxylic acids is 5. The quantitative estimate of drug-likeness (QED) is 0.0799. The Morgan fingerprint density at radius 1 is 0.842 bits per heavy atom. The molecule has 0 aliphatic heterocycles. The van der Waals surface area contributed by atoms with Crippen LogP contribution >= 0.6 is 0 Å². The normalized spacial score (nSPS) is 12.4. The molecule has 1 heterocycles. The number of benzene rings is 2. The summed E-state index contributed by atoms with van der Waals surface area (Å²) in [6.07, 6.45) is 1.86. The lowest BCUT2D eigenvalue weighted by molar-refractivity contribution is -0.140. The number of hydrogen-bond acceptors (Lipinski definition) is 8. The van der Waals surface area contributed by atoms with E-state index in [-0.39, 0.29) is 99.9 Å². The van der Waals surface area contributed by atoms with Crippen LogP contribution in [0.4, 0.5) is 8.78 Å². The number of nitrogens with two attached hydrogens (primary N) is 1. The maximum atomic E-state index is 15.0. The minimum absolute atomic E-state index is 0.0106. The van der Waals surface area contributed by atoms with Crippen molar-refractivity contribution >= 4 is 35.3 Å². The van der Waals surface area contributed by atoms with E-state index < -0.39 is 47.6 Å². The number of rotatable bonds is 24. The molecule has 57 heavy (non-hydrogen) atoms. The summed E-state index contributed by atoms with van der Waals surface area (Å²) in [5.41, 5.74) is 7.84. The molecule has 0 fully saturated rings. The van der Waals surface area contributed by atoms with Crippen LogP contribution in [-0.4, -0.2) is 87.2 Å². The molecule has 0 spiro atoms. The summed E-state index contributed by atoms with van der Waals surface area (Å²) in [6.45, 7) is 5.79. The average Bonchev–Trinajstić information content (AvgIpc) is 3.57. The molecule has 0 radical (unpaired) electrons. The molecule has 3 aromatic rings. The van der Waals surface area contributed by atoms with Gasteiger partial charge in [-0.25, -0.2) is 8.78 Å². The Labute approximate surface area is 332 Å². The van der Waals surface area contributed by atoms with E-state index in [0.29, 0.717) is 24.2 Å². The molecule has 15 heteroatoms. The number of aliphatic hydroxyl groups excluding tert-OH is 1. The number of nitrogens with one attached hydrogen (secondary N) is 2. The van der Waals surface area contributed by atoms with Gasteiger partial charge in [0.05, 0.1) is 12.5 Å². The number of carbonyl (C=O) groups is 6. The fourth-order valence-electron chi connectivity index (χ4n) is 6.44. The first-order valence-corrected chi connectivity index (χ1v) is 19.1. The van der Waals surface area contributed by atoms with Crippen molar-refractivity contribution in [3.05, 3.63) is 83.7 Å². The predicted molar refractivity (Wildman–Crippen MR) is 210 cm³/mol. The van der Waals surface area contributed by atoms with E-state index in [1.165, 1.54) is 4.90 Å². The predicted octanol–water partition coefficient (Wildman–Crippen LogP) is 4.68. The van der Waals surface area contributed by atoms with Gasteiger partial charge >= 0.3 is 5.97 Å². The molecule has 0 unspecified atom stereocenters. The third-order valence-electron chi connectivity index (χ3n) is 9.37. The topological polar surface area (TPSA) is 201 Å². The molecule has 2 aromatic carbocycles. The van der Waals surface area contributed by atoms with Crippen LogP contribution in [-0.2, 0) is 35.3 Å². The van der Waals surface area contributed by atoms with Crippen molar-refractivity contribution in [2.75, 3.05) is 26.2 Å². The Hall–Kier alpha value is -5.28. The van der Waals surface area contributed by atoms with Gasteiger partial charge in [-0.05, 0) is 48.1 Å². The fourth-order valence-corrected chi connectivity index (χ4v) is 6.44. The van der Waals surface area contributed by atoms with Crippen molar-refractivity contribution in [2.45, 2.75) is 97.2 Å². The molecular weight excluding hydrogens is 740 g/mol. The van der Waals surface area contributed by atoms with E-state index in [2.05, 4.69) is 10.6 Å². The van der Waals surface area contributed by atoms with Crippen molar-refractivity contribution in [3.63, 3.8) is 0 Å². The van der Waals surface area contributed by atoms with Crippen LogP contribution in [0, 0.1) is 17.0 Å². The minimum Gasteiger partial charge on any atom is -0.481 e. The first-order valence-electron chi connectivity index (χ1n) is 19.1. The highest BCUT2D eigenvalue weighted by atomic mass is 19.1. The van der Waals surface area contributed by atoms with Gasteiger partial charge in [0.1, 0.15) is 29.8 Å². The summed E-state index contributed by atoms with van der Waals surface area (Å²) in [5, 5.41) is 24.0. The van der Waals surface area contributed by atoms with Crippen LogP contribution in [0.5, 0.6) is 0 Å². The Morgan fingerprint density at radius 3 is 2.11 bits per heavy atom. The Kier molecular flexibility index (Phi) is 18.2. The van der Waals surface area contributed by atoms with Crippen LogP contribution in [0.1, 0.15) is 95.9 Å². The molecule has 310 valence electrons. The third kappa shape index (κ3) is 15.6. The molecular formula is C42H55F2N5O8. The van der Waals surface area contributed by atoms with Gasteiger partial charge in [0.2, 0.25) is 17.7 Å². The zero-order valence-electron chi connectivity index (χ0n) is 32.9. The van der Waals surface area contributed by atoms with Crippen LogP contribution in [0.2, 0.25) is 0 Å². The standard InChI is InChI=1S/C42H55F2N5O8/c1-42(2,3)41(36-22-29(34-23-30(43)11-15-35(34)44)26-48(36)25-28-8-5-4-6-9-28)49(39(55)27-50)21-19-31(45)24-47-38(54)17-12-32(51)10-7-20-46-37(53)16-13-33(52)14-18-40(56)57/h4-6,8-9,11,15,22-23,26,31,41,50H,7,10,12-14,16-21,24-25,27,45H2,1-3H3,(H,46,53)(H,47,54)(H,56,57)/t31-,41-/m0/s1. The maximum absolute atomic E-state index is 15.0. The van der Waals surface area contributed by atoms with Crippen molar-refractivity contribution in [1.29, 1.82) is 0 Å². The van der Waals surface area contributed by atoms with E-state index in [4.69, 9.17) is 10.8 Å². The number of aliphatic hydroxyl groups is 1. The zero-order chi connectivity index (χ0) is 42.1. The minimum atomic E-state index is -1.08. The lowest BCUT2D eigenvalue weighted by atomic mass is 9.82. The molecule has 2 atom stereocenters. The highest BCUT2D eigenvalue weighted by molar-refractivity contribution is 5.87. The van der Waals surface area contributed by atoms with Crippen LogP contribution < -0.4 is 16.4 Å². The van der Waals surface area contributed by atoms with Gasteiger partial charge in [0, 0.05) is 93.8 Å². The Bertz CT molecular complexity index is 1840. The van der Waals surface area contributed by atoms with Crippen LogP contribution in [0.15, 0.2) is 60.8 Å². The molecule has 0 aliphatic rings. The fraction of sp³-hybridized carbons (Fsp3) is 0.476. The second kappa shape index (κ2) is 22.5. The van der Waals surface area contributed by atoms with Gasteiger partial charge in [-0.1, -0.05) is 51.1 Å².